The van der Waals surface area contributed by atoms with E-state index < -0.39 is 6.10 Å². The highest BCUT2D eigenvalue weighted by molar-refractivity contribution is 5.58. The van der Waals surface area contributed by atoms with Crippen LogP contribution in [0, 0.1) is 5.82 Å². The molecule has 0 amide bonds. The number of methoxy groups -OCH3 is 1. The molecule has 1 N–H and O–H groups in total. The largest absolute Gasteiger partial charge is 0.495 e. The maximum absolute atomic E-state index is 12.9. The number of aliphatic hydroxyl groups is 1. The number of β-amino-alcohol motifs (C(OH)–C–C–N with tert-alkyl or cyclic N) is 1. The first kappa shape index (κ1) is 17.7. The number of nitrogens with zero attached hydrogens (tertiary/aromatic N) is 2. The third kappa shape index (κ3) is 4.71. The molecule has 25 heavy (non-hydrogen) atoms. The topological polar surface area (TPSA) is 35.9 Å². The van der Waals surface area contributed by atoms with E-state index in [1.54, 1.807) is 19.2 Å². The van der Waals surface area contributed by atoms with Crippen LogP contribution in [0.4, 0.5) is 10.1 Å². The van der Waals surface area contributed by atoms with Gasteiger partial charge in [0.25, 0.3) is 0 Å². The fraction of sp³-hybridized carbons (Fsp3) is 0.400. The summed E-state index contributed by atoms with van der Waals surface area (Å²) in [6.07, 6.45) is 0.107. The molecule has 1 saturated heterocycles. The van der Waals surface area contributed by atoms with Crippen LogP contribution in [0.2, 0.25) is 0 Å². The third-order valence-corrected chi connectivity index (χ3v) is 4.65. The lowest BCUT2D eigenvalue weighted by atomic mass is 10.1. The quantitative estimate of drug-likeness (QED) is 0.874. The van der Waals surface area contributed by atoms with Crippen molar-refractivity contribution in [2.75, 3.05) is 44.7 Å². The average molecular weight is 344 g/mol. The lowest BCUT2D eigenvalue weighted by Crippen LogP contribution is -2.48. The zero-order valence-corrected chi connectivity index (χ0v) is 14.6. The SMILES string of the molecule is COc1ccccc1N1CCN(C[C@@H](O)Cc2ccc(F)cc2)CC1. The molecule has 4 nitrogen and oxygen atoms in total. The van der Waals surface area contributed by atoms with Gasteiger partial charge < -0.3 is 14.7 Å². The van der Waals surface area contributed by atoms with Gasteiger partial charge in [-0.2, -0.15) is 0 Å². The highest BCUT2D eigenvalue weighted by Gasteiger charge is 2.21. The fourth-order valence-electron chi connectivity index (χ4n) is 3.32. The number of rotatable bonds is 6. The molecule has 1 atom stereocenters. The number of anilines is 1. The summed E-state index contributed by atoms with van der Waals surface area (Å²) < 4.78 is 18.4. The Morgan fingerprint density at radius 2 is 1.72 bits per heavy atom. The van der Waals surface area contributed by atoms with E-state index in [4.69, 9.17) is 4.74 Å². The van der Waals surface area contributed by atoms with Crippen molar-refractivity contribution >= 4 is 5.69 Å². The van der Waals surface area contributed by atoms with E-state index >= 15 is 0 Å². The van der Waals surface area contributed by atoms with E-state index in [1.165, 1.54) is 12.1 Å². The Balaban J connectivity index is 1.49. The normalized spacial score (nSPS) is 16.7. The molecule has 0 spiro atoms. The van der Waals surface area contributed by atoms with Crippen LogP contribution in [0.15, 0.2) is 48.5 Å². The second-order valence-corrected chi connectivity index (χ2v) is 6.44. The summed E-state index contributed by atoms with van der Waals surface area (Å²) in [7, 11) is 1.70. The van der Waals surface area contributed by atoms with Gasteiger partial charge in [-0.25, -0.2) is 4.39 Å². The van der Waals surface area contributed by atoms with Crippen molar-refractivity contribution in [3.63, 3.8) is 0 Å². The van der Waals surface area contributed by atoms with E-state index in [0.29, 0.717) is 13.0 Å². The van der Waals surface area contributed by atoms with Crippen molar-refractivity contribution in [3.05, 3.63) is 59.9 Å². The van der Waals surface area contributed by atoms with Crippen molar-refractivity contribution in [1.29, 1.82) is 0 Å². The van der Waals surface area contributed by atoms with E-state index in [0.717, 1.165) is 43.2 Å². The van der Waals surface area contributed by atoms with Crippen molar-refractivity contribution in [3.8, 4) is 5.75 Å². The molecule has 0 aliphatic carbocycles. The predicted octanol–water partition coefficient (Wildman–Crippen LogP) is 2.56. The van der Waals surface area contributed by atoms with E-state index in [9.17, 15) is 9.50 Å². The summed E-state index contributed by atoms with van der Waals surface area (Å²) in [6, 6.07) is 14.4. The van der Waals surface area contributed by atoms with Crippen LogP contribution in [0.3, 0.4) is 0 Å². The molecular weight excluding hydrogens is 319 g/mol. The average Bonchev–Trinajstić information content (AvgIpc) is 2.64. The van der Waals surface area contributed by atoms with Gasteiger partial charge in [0, 0.05) is 32.7 Å². The first-order valence-corrected chi connectivity index (χ1v) is 8.68. The Kier molecular flexibility index (Phi) is 5.89. The standard InChI is InChI=1S/C20H25FN2O2/c1-25-20-5-3-2-4-19(20)23-12-10-22(11-13-23)15-18(24)14-16-6-8-17(21)9-7-16/h2-9,18,24H,10-15H2,1H3/t18-/m0/s1. The number of hydrogen-bond acceptors (Lipinski definition) is 4. The summed E-state index contributed by atoms with van der Waals surface area (Å²) in [6.45, 7) is 4.25. The van der Waals surface area contributed by atoms with Gasteiger partial charge in [0.05, 0.1) is 18.9 Å². The van der Waals surface area contributed by atoms with Gasteiger partial charge in [-0.15, -0.1) is 0 Å². The maximum atomic E-state index is 12.9. The molecule has 5 heteroatoms. The molecule has 2 aromatic rings. The van der Waals surface area contributed by atoms with Crippen molar-refractivity contribution in [2.24, 2.45) is 0 Å². The maximum Gasteiger partial charge on any atom is 0.142 e. The molecule has 1 aliphatic heterocycles. The van der Waals surface area contributed by atoms with Gasteiger partial charge in [-0.3, -0.25) is 4.90 Å². The number of para-hydroxylation sites is 2. The zero-order valence-electron chi connectivity index (χ0n) is 14.6. The van der Waals surface area contributed by atoms with Gasteiger partial charge in [0.2, 0.25) is 0 Å². The summed E-state index contributed by atoms with van der Waals surface area (Å²) in [5.41, 5.74) is 2.08. The molecule has 0 unspecified atom stereocenters. The van der Waals surface area contributed by atoms with Crippen LogP contribution in [0.5, 0.6) is 5.75 Å². The molecule has 1 heterocycles. The smallest absolute Gasteiger partial charge is 0.142 e. The monoisotopic (exact) mass is 344 g/mol. The van der Waals surface area contributed by atoms with Crippen molar-refractivity contribution in [1.82, 2.24) is 4.90 Å². The first-order chi connectivity index (χ1) is 12.2. The number of piperazine rings is 1. The van der Waals surface area contributed by atoms with Gasteiger partial charge in [0.15, 0.2) is 0 Å². The Morgan fingerprint density at radius 1 is 1.04 bits per heavy atom. The van der Waals surface area contributed by atoms with Gasteiger partial charge in [-0.1, -0.05) is 24.3 Å². The molecule has 0 aromatic heterocycles. The lowest BCUT2D eigenvalue weighted by Gasteiger charge is -2.37. The Labute approximate surface area is 148 Å². The molecule has 0 bridgehead atoms. The van der Waals surface area contributed by atoms with Crippen molar-refractivity contribution < 1.29 is 14.2 Å². The molecule has 134 valence electrons. The number of ether oxygens (including phenoxy) is 1. The van der Waals surface area contributed by atoms with Gasteiger partial charge in [-0.05, 0) is 36.2 Å². The third-order valence-electron chi connectivity index (χ3n) is 4.65. The van der Waals surface area contributed by atoms with E-state index in [2.05, 4.69) is 15.9 Å². The van der Waals surface area contributed by atoms with Crippen LogP contribution >= 0.6 is 0 Å². The Hall–Kier alpha value is -2.11. The first-order valence-electron chi connectivity index (χ1n) is 8.68. The second kappa shape index (κ2) is 8.32. The van der Waals surface area contributed by atoms with Gasteiger partial charge in [0.1, 0.15) is 11.6 Å². The minimum Gasteiger partial charge on any atom is -0.495 e. The van der Waals surface area contributed by atoms with Crippen LogP contribution in [-0.2, 0) is 6.42 Å². The summed E-state index contributed by atoms with van der Waals surface area (Å²) in [5.74, 6) is 0.651. The zero-order chi connectivity index (χ0) is 17.6. The minimum atomic E-state index is -0.441. The molecule has 0 saturated carbocycles. The highest BCUT2D eigenvalue weighted by Crippen LogP contribution is 2.28. The molecule has 0 radical (unpaired) electrons. The van der Waals surface area contributed by atoms with Crippen LogP contribution in [0.25, 0.3) is 0 Å². The molecule has 1 fully saturated rings. The number of aliphatic hydroxyl groups excluding tert-OH is 1. The van der Waals surface area contributed by atoms with E-state index in [1.807, 2.05) is 18.2 Å². The summed E-state index contributed by atoms with van der Waals surface area (Å²) >= 11 is 0. The number of benzene rings is 2. The van der Waals surface area contributed by atoms with Crippen LogP contribution < -0.4 is 9.64 Å². The lowest BCUT2D eigenvalue weighted by molar-refractivity contribution is 0.109. The molecule has 2 aromatic carbocycles. The highest BCUT2D eigenvalue weighted by atomic mass is 19.1. The van der Waals surface area contributed by atoms with Crippen LogP contribution in [0.1, 0.15) is 5.56 Å². The fourth-order valence-corrected chi connectivity index (χ4v) is 3.32. The molecular formula is C20H25FN2O2. The number of halogens is 1. The molecule has 3 rings (SSSR count). The van der Waals surface area contributed by atoms with Crippen molar-refractivity contribution in [2.45, 2.75) is 12.5 Å². The Morgan fingerprint density at radius 3 is 2.40 bits per heavy atom. The predicted molar refractivity (Wildman–Crippen MR) is 97.8 cm³/mol. The van der Waals surface area contributed by atoms with Crippen LogP contribution in [-0.4, -0.2) is 55.9 Å². The number of hydrogen-bond donors (Lipinski definition) is 1. The summed E-state index contributed by atoms with van der Waals surface area (Å²) in [5, 5.41) is 10.3. The second-order valence-electron chi connectivity index (χ2n) is 6.44. The minimum absolute atomic E-state index is 0.245. The summed E-state index contributed by atoms with van der Waals surface area (Å²) in [4.78, 5) is 4.60. The Bertz CT molecular complexity index is 670. The molecule has 1 aliphatic rings. The van der Waals surface area contributed by atoms with E-state index in [-0.39, 0.29) is 5.82 Å². The van der Waals surface area contributed by atoms with Gasteiger partial charge >= 0.3 is 0 Å².